The molecule has 0 radical (unpaired) electrons. The molecule has 0 heterocycles. The lowest BCUT2D eigenvalue weighted by Gasteiger charge is -2.18. The molecule has 0 aliphatic carbocycles. The van der Waals surface area contributed by atoms with Crippen molar-refractivity contribution in [1.29, 1.82) is 0 Å². The van der Waals surface area contributed by atoms with Crippen molar-refractivity contribution in [2.45, 2.75) is 341 Å². The van der Waals surface area contributed by atoms with E-state index in [-0.39, 0.29) is 31.1 Å². The first-order chi connectivity index (χ1) is 40.5. The second-order valence-corrected chi connectivity index (χ2v) is 23.1. The zero-order valence-corrected chi connectivity index (χ0v) is 54.0. The van der Waals surface area contributed by atoms with Crippen LogP contribution in [0.25, 0.3) is 0 Å². The average Bonchev–Trinajstić information content (AvgIpc) is 3.47. The number of carbonyl (C=O) groups is 3. The van der Waals surface area contributed by atoms with Crippen LogP contribution < -0.4 is 0 Å². The molecule has 0 aromatic heterocycles. The Labute approximate surface area is 508 Å². The van der Waals surface area contributed by atoms with Crippen molar-refractivity contribution in [2.24, 2.45) is 0 Å². The molecule has 0 fully saturated rings. The van der Waals surface area contributed by atoms with Crippen molar-refractivity contribution in [1.82, 2.24) is 0 Å². The van der Waals surface area contributed by atoms with Gasteiger partial charge in [0.15, 0.2) is 6.10 Å². The van der Waals surface area contributed by atoms with E-state index in [2.05, 4.69) is 130 Å². The highest BCUT2D eigenvalue weighted by Gasteiger charge is 2.19. The van der Waals surface area contributed by atoms with Gasteiger partial charge in [0.2, 0.25) is 0 Å². The van der Waals surface area contributed by atoms with E-state index in [1.807, 2.05) is 0 Å². The Bertz CT molecular complexity index is 1640. The lowest BCUT2D eigenvalue weighted by molar-refractivity contribution is -0.167. The smallest absolute Gasteiger partial charge is 0.306 e. The molecule has 0 spiro atoms. The fourth-order valence-corrected chi connectivity index (χ4v) is 9.85. The first-order valence-electron chi connectivity index (χ1n) is 34.9. The monoisotopic (exact) mass is 1140 g/mol. The van der Waals surface area contributed by atoms with Crippen molar-refractivity contribution in [3.8, 4) is 0 Å². The molecule has 1 unspecified atom stereocenters. The maximum Gasteiger partial charge on any atom is 0.306 e. The van der Waals surface area contributed by atoms with Crippen LogP contribution in [0, 0.1) is 0 Å². The number of carbonyl (C=O) groups excluding carboxylic acids is 3. The van der Waals surface area contributed by atoms with Crippen molar-refractivity contribution < 1.29 is 28.6 Å². The highest BCUT2D eigenvalue weighted by Crippen LogP contribution is 2.17. The highest BCUT2D eigenvalue weighted by atomic mass is 16.6. The van der Waals surface area contributed by atoms with Crippen molar-refractivity contribution >= 4 is 17.9 Å². The quantitative estimate of drug-likeness (QED) is 0.0261. The molecule has 0 amide bonds. The van der Waals surface area contributed by atoms with Gasteiger partial charge in [-0.05, 0) is 89.9 Å². The third-order valence-corrected chi connectivity index (χ3v) is 15.0. The molecular formula is C76H130O6. The van der Waals surface area contributed by atoms with Gasteiger partial charge in [-0.3, -0.25) is 14.4 Å². The first kappa shape index (κ1) is 78.1. The Kier molecular flexibility index (Phi) is 66.2. The lowest BCUT2D eigenvalue weighted by atomic mass is 10.0. The zero-order chi connectivity index (χ0) is 59.2. The molecule has 82 heavy (non-hydrogen) atoms. The molecule has 0 N–H and O–H groups in total. The minimum absolute atomic E-state index is 0.0794. The van der Waals surface area contributed by atoms with Gasteiger partial charge in [0.1, 0.15) is 13.2 Å². The van der Waals surface area contributed by atoms with Gasteiger partial charge in [0.05, 0.1) is 0 Å². The number of rotatable bonds is 63. The first-order valence-corrected chi connectivity index (χ1v) is 34.9. The summed E-state index contributed by atoms with van der Waals surface area (Å²) in [6.07, 6.45) is 95.3. The third kappa shape index (κ3) is 66.9. The van der Waals surface area contributed by atoms with Gasteiger partial charge in [0.25, 0.3) is 0 Å². The van der Waals surface area contributed by atoms with E-state index in [0.29, 0.717) is 19.3 Å². The van der Waals surface area contributed by atoms with Crippen LogP contribution in [-0.2, 0) is 28.6 Å². The summed E-state index contributed by atoms with van der Waals surface area (Å²) in [5.41, 5.74) is 0. The molecular weight excluding hydrogens is 1010 g/mol. The minimum atomic E-state index is -0.785. The van der Waals surface area contributed by atoms with Crippen LogP contribution in [0.3, 0.4) is 0 Å². The molecule has 0 aliphatic heterocycles. The van der Waals surface area contributed by atoms with E-state index < -0.39 is 6.10 Å². The minimum Gasteiger partial charge on any atom is -0.462 e. The summed E-state index contributed by atoms with van der Waals surface area (Å²) >= 11 is 0. The van der Waals surface area contributed by atoms with Crippen LogP contribution in [0.2, 0.25) is 0 Å². The predicted molar refractivity (Wildman–Crippen MR) is 357 cm³/mol. The number of hydrogen-bond acceptors (Lipinski definition) is 6. The average molecular weight is 1140 g/mol. The molecule has 6 nitrogen and oxygen atoms in total. The van der Waals surface area contributed by atoms with Crippen LogP contribution in [0.5, 0.6) is 0 Å². The van der Waals surface area contributed by atoms with Gasteiger partial charge in [0, 0.05) is 19.3 Å². The Morgan fingerprint density at radius 1 is 0.256 bits per heavy atom. The lowest BCUT2D eigenvalue weighted by Crippen LogP contribution is -2.30. The van der Waals surface area contributed by atoms with Gasteiger partial charge in [-0.15, -0.1) is 0 Å². The maximum absolute atomic E-state index is 12.9. The number of ether oxygens (including phenoxy) is 3. The number of allylic oxidation sites excluding steroid dienone is 18. The van der Waals surface area contributed by atoms with Crippen LogP contribution in [0.15, 0.2) is 109 Å². The Balaban J connectivity index is 4.32. The second kappa shape index (κ2) is 69.6. The summed E-state index contributed by atoms with van der Waals surface area (Å²) in [6.45, 7) is 6.55. The highest BCUT2D eigenvalue weighted by molar-refractivity contribution is 5.71. The van der Waals surface area contributed by atoms with Crippen molar-refractivity contribution in [2.75, 3.05) is 13.2 Å². The van der Waals surface area contributed by atoms with Gasteiger partial charge in [-0.25, -0.2) is 0 Å². The largest absolute Gasteiger partial charge is 0.462 e. The van der Waals surface area contributed by atoms with E-state index in [4.69, 9.17) is 14.2 Å². The summed E-state index contributed by atoms with van der Waals surface area (Å²) in [5, 5.41) is 0. The van der Waals surface area contributed by atoms with Gasteiger partial charge >= 0.3 is 17.9 Å². The van der Waals surface area contributed by atoms with Gasteiger partial charge < -0.3 is 14.2 Å². The molecule has 6 heteroatoms. The molecule has 0 saturated heterocycles. The predicted octanol–water partition coefficient (Wildman–Crippen LogP) is 24.2. The fraction of sp³-hybridized carbons (Fsp3) is 0.724. The SMILES string of the molecule is CC/C=C\C/C=C\C/C=C\C/C=C\C/C=C\C/C=C\C/C=C\C/C=C\C/C=C\CCCCCCCC(=O)OCC(COC(=O)CCCCCCCCCCCCCCCCC)OC(=O)CCCCCCCCCCCCCCCCCC. The molecule has 470 valence electrons. The van der Waals surface area contributed by atoms with Gasteiger partial charge in [-0.2, -0.15) is 0 Å². The van der Waals surface area contributed by atoms with Crippen LogP contribution in [-0.4, -0.2) is 37.2 Å². The molecule has 0 bridgehead atoms. The topological polar surface area (TPSA) is 78.9 Å². The van der Waals surface area contributed by atoms with Crippen molar-refractivity contribution in [3.63, 3.8) is 0 Å². The summed E-state index contributed by atoms with van der Waals surface area (Å²) in [4.78, 5) is 38.4. The van der Waals surface area contributed by atoms with Crippen LogP contribution >= 0.6 is 0 Å². The molecule has 0 aromatic carbocycles. The number of esters is 3. The van der Waals surface area contributed by atoms with Crippen LogP contribution in [0.4, 0.5) is 0 Å². The van der Waals surface area contributed by atoms with E-state index in [1.165, 1.54) is 161 Å². The van der Waals surface area contributed by atoms with E-state index in [1.54, 1.807) is 0 Å². The maximum atomic E-state index is 12.9. The molecule has 0 aliphatic rings. The summed E-state index contributed by atoms with van der Waals surface area (Å²) in [5.74, 6) is -0.883. The van der Waals surface area contributed by atoms with E-state index in [9.17, 15) is 14.4 Å². The Morgan fingerprint density at radius 3 is 0.744 bits per heavy atom. The second-order valence-electron chi connectivity index (χ2n) is 23.1. The molecule has 0 saturated carbocycles. The summed E-state index contributed by atoms with van der Waals surface area (Å²) in [6, 6.07) is 0. The van der Waals surface area contributed by atoms with E-state index >= 15 is 0 Å². The molecule has 1 atom stereocenters. The standard InChI is InChI=1S/C76H130O6/c1-4-7-10-13-16-19-22-25-28-30-31-32-33-34-35-36-37-38-39-40-41-42-43-44-45-46-49-51-54-57-60-63-66-69-75(78)81-72-73(71-80-74(77)68-65-62-59-56-53-50-47-27-24-21-18-15-12-9-6-3)82-76(79)70-67-64-61-58-55-52-48-29-26-23-20-17-14-11-8-5-2/h7,10,16,19,25,28,31-32,34-35,37-38,40-41,43-44,46,49,73H,4-6,8-9,11-15,17-18,20-24,26-27,29-30,33,36,39,42,45,47-48,50-72H2,1-3H3/b10-7-,19-16-,28-25-,32-31-,35-34-,38-37-,41-40-,44-43-,49-46-. The third-order valence-electron chi connectivity index (χ3n) is 15.0. The summed E-state index contributed by atoms with van der Waals surface area (Å²) < 4.78 is 17.0. The molecule has 0 aromatic rings. The zero-order valence-electron chi connectivity index (χ0n) is 54.0. The molecule has 0 rings (SSSR count). The normalized spacial score (nSPS) is 12.8. The Morgan fingerprint density at radius 2 is 0.476 bits per heavy atom. The van der Waals surface area contributed by atoms with Crippen molar-refractivity contribution in [3.05, 3.63) is 109 Å². The number of unbranched alkanes of at least 4 members (excludes halogenated alkanes) is 34. The Hall–Kier alpha value is -3.93. The van der Waals surface area contributed by atoms with Crippen LogP contribution in [0.1, 0.15) is 335 Å². The summed E-state index contributed by atoms with van der Waals surface area (Å²) in [7, 11) is 0. The number of hydrogen-bond donors (Lipinski definition) is 0. The van der Waals surface area contributed by atoms with Gasteiger partial charge in [-0.1, -0.05) is 336 Å². The fourth-order valence-electron chi connectivity index (χ4n) is 9.85. The van der Waals surface area contributed by atoms with E-state index in [0.717, 1.165) is 135 Å².